The van der Waals surface area contributed by atoms with Gasteiger partial charge in [0.05, 0.1) is 18.7 Å². The Balaban J connectivity index is 1.67. The molecule has 3 aromatic carbocycles. The van der Waals surface area contributed by atoms with Crippen molar-refractivity contribution in [2.24, 2.45) is 0 Å². The maximum absolute atomic E-state index is 13.2. The quantitative estimate of drug-likeness (QED) is 0.173. The molecule has 1 aliphatic heterocycles. The number of methoxy groups -OCH3 is 2. The molecule has 0 aliphatic carbocycles. The Hall–Kier alpha value is -4.30. The molecular weight excluding hydrogens is 486 g/mol. The second-order valence-electron chi connectivity index (χ2n) is 9.01. The normalized spacial score (nSPS) is 16.6. The van der Waals surface area contributed by atoms with Gasteiger partial charge in [-0.05, 0) is 66.4 Å². The maximum Gasteiger partial charge on any atom is 0.295 e. The van der Waals surface area contributed by atoms with Crippen molar-refractivity contribution in [2.75, 3.05) is 27.4 Å². The van der Waals surface area contributed by atoms with Crippen LogP contribution in [0, 0.1) is 6.92 Å². The SMILES string of the molecule is COCCCN1C(=O)C(=O)C(=C(O)c2ccc(OCc3ccccc3C)cc2)C1c1ccc(O)c(OC)c1. The summed E-state index contributed by atoms with van der Waals surface area (Å²) in [4.78, 5) is 27.6. The molecule has 1 heterocycles. The van der Waals surface area contributed by atoms with E-state index in [0.29, 0.717) is 36.5 Å². The van der Waals surface area contributed by atoms with Crippen LogP contribution in [0.1, 0.15) is 34.7 Å². The van der Waals surface area contributed by atoms with Crippen LogP contribution in [0.5, 0.6) is 17.2 Å². The van der Waals surface area contributed by atoms with E-state index in [1.165, 1.54) is 18.1 Å². The van der Waals surface area contributed by atoms with E-state index in [1.54, 1.807) is 43.5 Å². The lowest BCUT2D eigenvalue weighted by molar-refractivity contribution is -0.140. The van der Waals surface area contributed by atoms with Gasteiger partial charge in [0, 0.05) is 25.8 Å². The van der Waals surface area contributed by atoms with Crippen LogP contribution in [0.3, 0.4) is 0 Å². The molecule has 0 aromatic heterocycles. The van der Waals surface area contributed by atoms with Gasteiger partial charge in [0.1, 0.15) is 18.1 Å². The number of hydrogen-bond donors (Lipinski definition) is 2. The summed E-state index contributed by atoms with van der Waals surface area (Å²) in [6.07, 6.45) is 0.502. The van der Waals surface area contributed by atoms with E-state index in [0.717, 1.165) is 11.1 Å². The van der Waals surface area contributed by atoms with Crippen LogP contribution in [0.15, 0.2) is 72.3 Å². The zero-order valence-electron chi connectivity index (χ0n) is 21.6. The van der Waals surface area contributed by atoms with Gasteiger partial charge in [0.25, 0.3) is 11.7 Å². The summed E-state index contributed by atoms with van der Waals surface area (Å²) in [5.74, 6) is -1.06. The van der Waals surface area contributed by atoms with Crippen molar-refractivity contribution < 1.29 is 34.0 Å². The van der Waals surface area contributed by atoms with Crippen molar-refractivity contribution in [1.82, 2.24) is 4.90 Å². The molecule has 1 saturated heterocycles. The average Bonchev–Trinajstić information content (AvgIpc) is 3.18. The number of likely N-dealkylation sites (tertiary alicyclic amines) is 1. The molecule has 1 aliphatic rings. The third-order valence-corrected chi connectivity index (χ3v) is 6.59. The summed E-state index contributed by atoms with van der Waals surface area (Å²) < 4.78 is 16.2. The summed E-state index contributed by atoms with van der Waals surface area (Å²) in [6.45, 7) is 3.06. The minimum atomic E-state index is -0.863. The Morgan fingerprint density at radius 3 is 2.42 bits per heavy atom. The van der Waals surface area contributed by atoms with Gasteiger partial charge in [-0.2, -0.15) is 0 Å². The van der Waals surface area contributed by atoms with Crippen molar-refractivity contribution in [3.8, 4) is 17.2 Å². The molecule has 3 aromatic rings. The number of phenols is 1. The van der Waals surface area contributed by atoms with Crippen LogP contribution in [-0.4, -0.2) is 54.2 Å². The first-order chi connectivity index (χ1) is 18.3. The van der Waals surface area contributed by atoms with Gasteiger partial charge < -0.3 is 29.3 Å². The molecule has 1 amide bonds. The number of ketones is 1. The lowest BCUT2D eigenvalue weighted by Crippen LogP contribution is -2.31. The Labute approximate surface area is 221 Å². The second kappa shape index (κ2) is 11.8. The number of carbonyl (C=O) groups excluding carboxylic acids is 2. The first-order valence-corrected chi connectivity index (χ1v) is 12.3. The predicted molar refractivity (Wildman–Crippen MR) is 142 cm³/mol. The number of aliphatic hydroxyl groups is 1. The van der Waals surface area contributed by atoms with Crippen molar-refractivity contribution >= 4 is 17.4 Å². The second-order valence-corrected chi connectivity index (χ2v) is 9.01. The number of aliphatic hydroxyl groups excluding tert-OH is 1. The summed E-state index contributed by atoms with van der Waals surface area (Å²) in [5.41, 5.74) is 3.06. The van der Waals surface area contributed by atoms with Crippen LogP contribution < -0.4 is 9.47 Å². The van der Waals surface area contributed by atoms with E-state index in [1.807, 2.05) is 31.2 Å². The number of phenolic OH excluding ortho intramolecular Hbond substituents is 1. The van der Waals surface area contributed by atoms with Crippen LogP contribution in [0.2, 0.25) is 0 Å². The molecule has 38 heavy (non-hydrogen) atoms. The highest BCUT2D eigenvalue weighted by molar-refractivity contribution is 6.46. The zero-order valence-corrected chi connectivity index (χ0v) is 21.6. The molecule has 0 spiro atoms. The van der Waals surface area contributed by atoms with Crippen LogP contribution in [0.4, 0.5) is 0 Å². The molecule has 1 atom stereocenters. The van der Waals surface area contributed by atoms with Crippen LogP contribution in [-0.2, 0) is 20.9 Å². The van der Waals surface area contributed by atoms with E-state index in [-0.39, 0.29) is 29.4 Å². The van der Waals surface area contributed by atoms with Crippen LogP contribution >= 0.6 is 0 Å². The van der Waals surface area contributed by atoms with Crippen molar-refractivity contribution in [1.29, 1.82) is 0 Å². The number of nitrogens with zero attached hydrogens (tertiary/aromatic N) is 1. The molecule has 1 fully saturated rings. The van der Waals surface area contributed by atoms with E-state index >= 15 is 0 Å². The third-order valence-electron chi connectivity index (χ3n) is 6.59. The summed E-state index contributed by atoms with van der Waals surface area (Å²) in [7, 11) is 2.97. The summed E-state index contributed by atoms with van der Waals surface area (Å²) in [5, 5.41) is 21.3. The van der Waals surface area contributed by atoms with Crippen molar-refractivity contribution in [3.05, 3.63) is 94.6 Å². The van der Waals surface area contributed by atoms with Gasteiger partial charge in [0.15, 0.2) is 11.5 Å². The Kier molecular flexibility index (Phi) is 8.33. The number of carbonyl (C=O) groups is 2. The molecule has 198 valence electrons. The van der Waals surface area contributed by atoms with Gasteiger partial charge in [0.2, 0.25) is 0 Å². The summed E-state index contributed by atoms with van der Waals surface area (Å²) in [6, 6.07) is 18.4. The monoisotopic (exact) mass is 517 g/mol. The highest BCUT2D eigenvalue weighted by atomic mass is 16.5. The molecule has 0 saturated carbocycles. The predicted octanol–water partition coefficient (Wildman–Crippen LogP) is 4.75. The minimum Gasteiger partial charge on any atom is -0.507 e. The summed E-state index contributed by atoms with van der Waals surface area (Å²) >= 11 is 0. The van der Waals surface area contributed by atoms with E-state index in [9.17, 15) is 19.8 Å². The molecule has 2 N–H and O–H groups in total. The molecule has 8 heteroatoms. The molecule has 8 nitrogen and oxygen atoms in total. The standard InChI is InChI=1S/C30H31NO7/c1-19-7-4-5-8-22(19)18-38-23-12-9-20(10-13-23)28(33)26-27(21-11-14-24(32)25(17-21)37-3)31(15-6-16-36-2)30(35)29(26)34/h4-5,7-14,17,27,32-33H,6,15-16,18H2,1-3H3. The number of aryl methyl sites for hydroxylation is 1. The van der Waals surface area contributed by atoms with Crippen LogP contribution in [0.25, 0.3) is 5.76 Å². The number of benzene rings is 3. The number of amides is 1. The fourth-order valence-electron chi connectivity index (χ4n) is 4.50. The Morgan fingerprint density at radius 1 is 1.00 bits per heavy atom. The largest absolute Gasteiger partial charge is 0.507 e. The fraction of sp³-hybridized carbons (Fsp3) is 0.267. The smallest absolute Gasteiger partial charge is 0.295 e. The number of aromatic hydroxyl groups is 1. The lowest BCUT2D eigenvalue weighted by Gasteiger charge is -2.25. The van der Waals surface area contributed by atoms with E-state index in [2.05, 4.69) is 0 Å². The third kappa shape index (κ3) is 5.50. The molecule has 1 unspecified atom stereocenters. The van der Waals surface area contributed by atoms with Gasteiger partial charge in [-0.25, -0.2) is 0 Å². The van der Waals surface area contributed by atoms with E-state index in [4.69, 9.17) is 14.2 Å². The molecule has 0 bridgehead atoms. The number of Topliss-reactive ketones (excluding diaryl/α,β-unsaturated/α-hetero) is 1. The average molecular weight is 518 g/mol. The molecular formula is C30H31NO7. The Bertz CT molecular complexity index is 1350. The van der Waals surface area contributed by atoms with Gasteiger partial charge in [-0.3, -0.25) is 9.59 Å². The lowest BCUT2D eigenvalue weighted by atomic mass is 9.95. The van der Waals surface area contributed by atoms with Gasteiger partial charge in [-0.1, -0.05) is 30.3 Å². The zero-order chi connectivity index (χ0) is 27.2. The molecule has 0 radical (unpaired) electrons. The highest BCUT2D eigenvalue weighted by Gasteiger charge is 2.46. The number of ether oxygens (including phenoxy) is 3. The fourth-order valence-corrected chi connectivity index (χ4v) is 4.50. The Morgan fingerprint density at radius 2 is 1.74 bits per heavy atom. The topological polar surface area (TPSA) is 106 Å². The first-order valence-electron chi connectivity index (χ1n) is 12.3. The maximum atomic E-state index is 13.2. The van der Waals surface area contributed by atoms with Gasteiger partial charge >= 0.3 is 0 Å². The minimum absolute atomic E-state index is 0.0336. The van der Waals surface area contributed by atoms with Crippen molar-refractivity contribution in [2.45, 2.75) is 26.0 Å². The first kappa shape index (κ1) is 26.8. The van der Waals surface area contributed by atoms with Gasteiger partial charge in [-0.15, -0.1) is 0 Å². The number of rotatable bonds is 10. The van der Waals surface area contributed by atoms with E-state index < -0.39 is 17.7 Å². The highest BCUT2D eigenvalue weighted by Crippen LogP contribution is 2.42. The van der Waals surface area contributed by atoms with Crippen molar-refractivity contribution in [3.63, 3.8) is 0 Å². The number of hydrogen-bond acceptors (Lipinski definition) is 7. The molecule has 4 rings (SSSR count).